The van der Waals surface area contributed by atoms with E-state index in [1.165, 1.54) is 29.6 Å². The van der Waals surface area contributed by atoms with Gasteiger partial charge in [0.2, 0.25) is 5.91 Å². The highest BCUT2D eigenvalue weighted by molar-refractivity contribution is 8.01. The molecule has 0 unspecified atom stereocenters. The molecule has 0 saturated carbocycles. The third-order valence-electron chi connectivity index (χ3n) is 2.33. The maximum Gasteiger partial charge on any atom is 0.233 e. The number of carbonyl (C=O) groups is 2. The van der Waals surface area contributed by atoms with Crippen molar-refractivity contribution in [2.45, 2.75) is 17.2 Å². The molecule has 0 radical (unpaired) electrons. The van der Waals surface area contributed by atoms with Crippen molar-refractivity contribution in [1.29, 1.82) is 0 Å². The van der Waals surface area contributed by atoms with Gasteiger partial charge in [0, 0.05) is 25.9 Å². The summed E-state index contributed by atoms with van der Waals surface area (Å²) < 4.78 is 4.67. The van der Waals surface area contributed by atoms with Gasteiger partial charge < -0.3 is 4.90 Å². The van der Waals surface area contributed by atoms with E-state index in [-0.39, 0.29) is 11.7 Å². The summed E-state index contributed by atoms with van der Waals surface area (Å²) in [5.41, 5.74) is 0. The van der Waals surface area contributed by atoms with E-state index in [1.54, 1.807) is 4.90 Å². The number of ketones is 1. The Hall–Kier alpha value is -0.950. The lowest BCUT2D eigenvalue weighted by atomic mass is 10.1. The second-order valence-corrected chi connectivity index (χ2v) is 5.42. The normalized spacial score (nSPS) is 16.5. The SMILES string of the molecule is O=C1CCN(C(=O)CSc2ncns2)CC1. The van der Waals surface area contributed by atoms with Crippen LogP contribution in [0.25, 0.3) is 0 Å². The Morgan fingerprint density at radius 2 is 2.25 bits per heavy atom. The van der Waals surface area contributed by atoms with Gasteiger partial charge in [0.25, 0.3) is 0 Å². The molecule has 2 heterocycles. The van der Waals surface area contributed by atoms with Crippen LogP contribution in [0.3, 0.4) is 0 Å². The Labute approximate surface area is 101 Å². The second-order valence-electron chi connectivity index (χ2n) is 3.42. The lowest BCUT2D eigenvalue weighted by Crippen LogP contribution is -2.39. The minimum absolute atomic E-state index is 0.0766. The van der Waals surface area contributed by atoms with E-state index >= 15 is 0 Å². The number of carbonyl (C=O) groups excluding carboxylic acids is 2. The molecule has 0 N–H and O–H groups in total. The third-order valence-corrected chi connectivity index (χ3v) is 4.12. The predicted octanol–water partition coefficient (Wildman–Crippen LogP) is 0.822. The molecule has 1 fully saturated rings. The van der Waals surface area contributed by atoms with Gasteiger partial charge in [-0.3, -0.25) is 9.59 Å². The van der Waals surface area contributed by atoms with Crippen LogP contribution in [-0.2, 0) is 9.59 Å². The topological polar surface area (TPSA) is 63.2 Å². The molecule has 2 rings (SSSR count). The highest BCUT2D eigenvalue weighted by Gasteiger charge is 2.20. The maximum atomic E-state index is 11.8. The summed E-state index contributed by atoms with van der Waals surface area (Å²) in [6.45, 7) is 1.13. The van der Waals surface area contributed by atoms with E-state index < -0.39 is 0 Å². The summed E-state index contributed by atoms with van der Waals surface area (Å²) in [5, 5.41) is 0. The van der Waals surface area contributed by atoms with Gasteiger partial charge in [-0.15, -0.1) is 0 Å². The van der Waals surface area contributed by atoms with Crippen molar-refractivity contribution in [2.75, 3.05) is 18.8 Å². The van der Waals surface area contributed by atoms with Crippen molar-refractivity contribution in [2.24, 2.45) is 0 Å². The quantitative estimate of drug-likeness (QED) is 0.750. The summed E-state index contributed by atoms with van der Waals surface area (Å²) in [5.74, 6) is 0.706. The average Bonchev–Trinajstić information content (AvgIpc) is 2.80. The molecule has 1 aliphatic rings. The van der Waals surface area contributed by atoms with Crippen LogP contribution in [0.1, 0.15) is 12.8 Å². The van der Waals surface area contributed by atoms with Gasteiger partial charge in [0.15, 0.2) is 4.34 Å². The number of likely N-dealkylation sites (tertiary alicyclic amines) is 1. The smallest absolute Gasteiger partial charge is 0.233 e. The molecule has 7 heteroatoms. The van der Waals surface area contributed by atoms with E-state index in [4.69, 9.17) is 0 Å². The largest absolute Gasteiger partial charge is 0.341 e. The van der Waals surface area contributed by atoms with Crippen LogP contribution in [0.15, 0.2) is 10.7 Å². The van der Waals surface area contributed by atoms with Crippen LogP contribution in [0, 0.1) is 0 Å². The fourth-order valence-electron chi connectivity index (χ4n) is 1.45. The minimum Gasteiger partial charge on any atom is -0.341 e. The van der Waals surface area contributed by atoms with Gasteiger partial charge in [0.05, 0.1) is 5.75 Å². The zero-order valence-electron chi connectivity index (χ0n) is 8.59. The highest BCUT2D eigenvalue weighted by Crippen LogP contribution is 2.19. The predicted molar refractivity (Wildman–Crippen MR) is 61.5 cm³/mol. The number of rotatable bonds is 3. The first-order valence-corrected chi connectivity index (χ1v) is 6.70. The molecule has 1 aliphatic heterocycles. The Balaban J connectivity index is 1.77. The van der Waals surface area contributed by atoms with E-state index in [1.807, 2.05) is 0 Å². The monoisotopic (exact) mass is 257 g/mol. The molecule has 86 valence electrons. The number of aromatic nitrogens is 2. The Morgan fingerprint density at radius 1 is 1.50 bits per heavy atom. The molecular weight excluding hydrogens is 246 g/mol. The minimum atomic E-state index is 0.0766. The number of piperidine rings is 1. The summed E-state index contributed by atoms with van der Waals surface area (Å²) in [6, 6.07) is 0. The molecule has 0 atom stereocenters. The molecule has 0 aliphatic carbocycles. The fraction of sp³-hybridized carbons (Fsp3) is 0.556. The average molecular weight is 257 g/mol. The third kappa shape index (κ3) is 3.02. The van der Waals surface area contributed by atoms with Crippen LogP contribution in [0.2, 0.25) is 0 Å². The summed E-state index contributed by atoms with van der Waals surface area (Å²) >= 11 is 2.69. The molecule has 1 amide bonds. The molecule has 16 heavy (non-hydrogen) atoms. The van der Waals surface area contributed by atoms with Crippen molar-refractivity contribution in [3.63, 3.8) is 0 Å². The van der Waals surface area contributed by atoms with Crippen molar-refractivity contribution in [1.82, 2.24) is 14.3 Å². The van der Waals surface area contributed by atoms with E-state index in [9.17, 15) is 9.59 Å². The van der Waals surface area contributed by atoms with Crippen LogP contribution in [-0.4, -0.2) is 44.8 Å². The molecule has 1 aromatic rings. The lowest BCUT2D eigenvalue weighted by molar-refractivity contribution is -0.132. The lowest BCUT2D eigenvalue weighted by Gasteiger charge is -2.25. The Kier molecular flexibility index (Phi) is 3.89. The Bertz CT molecular complexity index is 370. The number of hydrogen-bond donors (Lipinski definition) is 0. The van der Waals surface area contributed by atoms with Gasteiger partial charge in [-0.05, 0) is 11.5 Å². The Morgan fingerprint density at radius 3 is 2.88 bits per heavy atom. The fourth-order valence-corrected chi connectivity index (χ4v) is 2.79. The molecule has 1 saturated heterocycles. The highest BCUT2D eigenvalue weighted by atomic mass is 32.2. The van der Waals surface area contributed by atoms with Crippen LogP contribution >= 0.6 is 23.3 Å². The standard InChI is InChI=1S/C9H11N3O2S2/c13-7-1-3-12(4-2-7)8(14)5-15-9-10-6-11-16-9/h6H,1-5H2. The van der Waals surface area contributed by atoms with Gasteiger partial charge in [-0.2, -0.15) is 4.37 Å². The van der Waals surface area contributed by atoms with E-state index in [2.05, 4.69) is 9.36 Å². The molecule has 0 spiro atoms. The number of nitrogens with zero attached hydrogens (tertiary/aromatic N) is 3. The molecule has 5 nitrogen and oxygen atoms in total. The van der Waals surface area contributed by atoms with Crippen LogP contribution < -0.4 is 0 Å². The first kappa shape index (κ1) is 11.5. The van der Waals surface area contributed by atoms with Crippen LogP contribution in [0.5, 0.6) is 0 Å². The number of Topliss-reactive ketones (excluding diaryl/α,β-unsaturated/α-hetero) is 1. The van der Waals surface area contributed by atoms with Crippen molar-refractivity contribution >= 4 is 35.0 Å². The van der Waals surface area contributed by atoms with Gasteiger partial charge in [0.1, 0.15) is 12.1 Å². The van der Waals surface area contributed by atoms with Crippen LogP contribution in [0.4, 0.5) is 0 Å². The first-order valence-electron chi connectivity index (χ1n) is 4.94. The molecule has 1 aromatic heterocycles. The summed E-state index contributed by atoms with van der Waals surface area (Å²) in [7, 11) is 0. The van der Waals surface area contributed by atoms with Crippen molar-refractivity contribution < 1.29 is 9.59 Å². The number of amides is 1. The van der Waals surface area contributed by atoms with Gasteiger partial charge >= 0.3 is 0 Å². The van der Waals surface area contributed by atoms with E-state index in [0.29, 0.717) is 31.7 Å². The first-order chi connectivity index (χ1) is 7.75. The van der Waals surface area contributed by atoms with E-state index in [0.717, 1.165) is 4.34 Å². The summed E-state index contributed by atoms with van der Waals surface area (Å²) in [6.07, 6.45) is 2.47. The van der Waals surface area contributed by atoms with Gasteiger partial charge in [-0.25, -0.2) is 4.98 Å². The number of thioether (sulfide) groups is 1. The molecule has 0 aromatic carbocycles. The zero-order chi connectivity index (χ0) is 11.4. The molecule has 0 bridgehead atoms. The van der Waals surface area contributed by atoms with Crippen molar-refractivity contribution in [3.05, 3.63) is 6.33 Å². The zero-order valence-corrected chi connectivity index (χ0v) is 10.2. The molecular formula is C9H11N3O2S2. The van der Waals surface area contributed by atoms with Gasteiger partial charge in [-0.1, -0.05) is 11.8 Å². The maximum absolute atomic E-state index is 11.8. The summed E-state index contributed by atoms with van der Waals surface area (Å²) in [4.78, 5) is 28.5. The van der Waals surface area contributed by atoms with Crippen molar-refractivity contribution in [3.8, 4) is 0 Å². The second kappa shape index (κ2) is 5.40. The number of hydrogen-bond acceptors (Lipinski definition) is 6.